The van der Waals surface area contributed by atoms with Crippen LogP contribution in [0.5, 0.6) is 0 Å². The normalized spacial score (nSPS) is 0. The van der Waals surface area contributed by atoms with E-state index < -0.39 is 0 Å². The van der Waals surface area contributed by atoms with Gasteiger partial charge >= 0.3 is 65.9 Å². The molecule has 0 spiro atoms. The van der Waals surface area contributed by atoms with Crippen molar-refractivity contribution in [2.45, 2.75) is 0 Å². The van der Waals surface area contributed by atoms with Crippen LogP contribution in [-0.2, 0) is 22.4 Å². The summed E-state index contributed by atoms with van der Waals surface area (Å²) < 4.78 is 0. The van der Waals surface area contributed by atoms with Crippen molar-refractivity contribution in [3.8, 4) is 0 Å². The Labute approximate surface area is 86.7 Å². The van der Waals surface area contributed by atoms with E-state index in [9.17, 15) is 0 Å². The Bertz CT molecular complexity index is 8.00. The second-order valence-electron chi connectivity index (χ2n) is 0. The zero-order valence-corrected chi connectivity index (χ0v) is 11.3. The molecule has 0 aromatic heterocycles. The Morgan fingerprint density at radius 1 is 1.00 bits per heavy atom. The molecule has 0 nitrogen and oxygen atoms in total. The molecule has 0 saturated heterocycles. The Kier molecular flexibility index (Phi) is 120. The summed E-state index contributed by atoms with van der Waals surface area (Å²) in [7, 11) is 0. The van der Waals surface area contributed by atoms with Crippen LogP contribution in [0.15, 0.2) is 0 Å². The Morgan fingerprint density at radius 2 is 1.00 bits per heavy atom. The molecule has 0 fully saturated rings. The number of rotatable bonds is 0. The molecule has 0 bridgehead atoms. The second kappa shape index (κ2) is 16.8. The molecular weight excluding hydrogens is 421 g/mol. The molecule has 0 atom stereocenters. The average molecular weight is 430 g/mol. The van der Waals surface area contributed by atoms with Crippen molar-refractivity contribution in [3.05, 3.63) is 0 Å². The average Bonchev–Trinajstić information content (AvgIpc) is 0. The molecular formula is H9AgGeSbSn. The predicted molar refractivity (Wildman–Crippen MR) is 29.8 cm³/mol. The molecule has 3 radical (unpaired) electrons. The van der Waals surface area contributed by atoms with Gasteiger partial charge in [-0.15, -0.1) is 0 Å². The van der Waals surface area contributed by atoms with Gasteiger partial charge in [0.1, 0.15) is 0 Å². The molecule has 0 aromatic carbocycles. The van der Waals surface area contributed by atoms with Crippen molar-refractivity contribution in [3.63, 3.8) is 0 Å². The zero-order valence-electron chi connectivity index (χ0n) is 1.72. The summed E-state index contributed by atoms with van der Waals surface area (Å²) in [4.78, 5) is 0. The van der Waals surface area contributed by atoms with Gasteiger partial charge in [-0.05, 0) is 0 Å². The van der Waals surface area contributed by atoms with Crippen molar-refractivity contribution >= 4 is 65.9 Å². The molecule has 0 N–H and O–H groups in total. The van der Waals surface area contributed by atoms with E-state index in [2.05, 4.69) is 0 Å². The van der Waals surface area contributed by atoms with E-state index in [0.29, 0.717) is 0 Å². The van der Waals surface area contributed by atoms with Crippen LogP contribution in [0.25, 0.3) is 0 Å². The number of hydrogen-bond acceptors (Lipinski definition) is 0. The standard InChI is InChI=1S/Ag.GeH4.Sb.Sn.5H/h;1H4;;;;;;;. The predicted octanol–water partition coefficient (Wildman–Crippen LogP) is -3.55. The Morgan fingerprint density at radius 3 is 1.00 bits per heavy atom. The molecule has 0 amide bonds. The third-order valence-electron chi connectivity index (χ3n) is 0. The summed E-state index contributed by atoms with van der Waals surface area (Å²) in [6.45, 7) is 0. The van der Waals surface area contributed by atoms with Crippen molar-refractivity contribution in [1.29, 1.82) is 0 Å². The van der Waals surface area contributed by atoms with E-state index in [-0.39, 0.29) is 88.3 Å². The van der Waals surface area contributed by atoms with Crippen LogP contribution < -0.4 is 0 Å². The molecule has 0 aliphatic carbocycles. The first-order chi connectivity index (χ1) is 0. The van der Waals surface area contributed by atoms with Crippen LogP contribution in [0.4, 0.5) is 0 Å². The van der Waals surface area contributed by atoms with E-state index in [0.717, 1.165) is 0 Å². The SMILES string of the molecule is [Ag].[GeH4].[SbH3].[SnH2]. The number of hydrogen-bond donors (Lipinski definition) is 0. The van der Waals surface area contributed by atoms with Gasteiger partial charge in [-0.25, -0.2) is 0 Å². The van der Waals surface area contributed by atoms with Crippen molar-refractivity contribution in [1.82, 2.24) is 0 Å². The molecule has 0 rings (SSSR count). The van der Waals surface area contributed by atoms with Crippen LogP contribution in [0, 0.1) is 0 Å². The molecule has 4 heteroatoms. The maximum atomic E-state index is 0. The second-order valence-corrected chi connectivity index (χ2v) is 0. The zero-order chi connectivity index (χ0) is 0. The molecule has 0 unspecified atom stereocenters. The van der Waals surface area contributed by atoms with Crippen LogP contribution in [0.2, 0.25) is 0 Å². The third kappa shape index (κ3) is 8.86. The van der Waals surface area contributed by atoms with Gasteiger partial charge in [-0.2, -0.15) is 0 Å². The minimum atomic E-state index is 0. The third-order valence-corrected chi connectivity index (χ3v) is 0. The molecule has 0 saturated carbocycles. The van der Waals surface area contributed by atoms with E-state index in [1.807, 2.05) is 0 Å². The summed E-state index contributed by atoms with van der Waals surface area (Å²) in [6.07, 6.45) is 0. The van der Waals surface area contributed by atoms with Crippen LogP contribution in [0.3, 0.4) is 0 Å². The van der Waals surface area contributed by atoms with Crippen LogP contribution >= 0.6 is 0 Å². The van der Waals surface area contributed by atoms with Crippen LogP contribution in [0.1, 0.15) is 0 Å². The fourth-order valence-electron chi connectivity index (χ4n) is 0. The summed E-state index contributed by atoms with van der Waals surface area (Å²) >= 11 is 0. The monoisotopic (exact) mass is 431 g/mol. The van der Waals surface area contributed by atoms with E-state index in [1.165, 1.54) is 0 Å². The van der Waals surface area contributed by atoms with Gasteiger partial charge in [-0.3, -0.25) is 0 Å². The van der Waals surface area contributed by atoms with E-state index in [1.54, 1.807) is 0 Å². The first kappa shape index (κ1) is 28.6. The molecule has 33 valence electrons. The van der Waals surface area contributed by atoms with Gasteiger partial charge in [0.15, 0.2) is 0 Å². The van der Waals surface area contributed by atoms with Gasteiger partial charge in [0, 0.05) is 22.4 Å². The molecule has 0 aliphatic rings. The molecule has 0 aliphatic heterocycles. The van der Waals surface area contributed by atoms with Gasteiger partial charge in [0.2, 0.25) is 0 Å². The van der Waals surface area contributed by atoms with E-state index in [4.69, 9.17) is 0 Å². The summed E-state index contributed by atoms with van der Waals surface area (Å²) in [5, 5.41) is 0. The first-order valence-electron chi connectivity index (χ1n) is 0. The van der Waals surface area contributed by atoms with Crippen LogP contribution in [-0.4, -0.2) is 65.9 Å². The first-order valence-corrected chi connectivity index (χ1v) is 0. The molecule has 4 heavy (non-hydrogen) atoms. The summed E-state index contributed by atoms with van der Waals surface area (Å²) in [5.74, 6) is 0. The summed E-state index contributed by atoms with van der Waals surface area (Å²) in [6, 6.07) is 0. The molecule has 0 aromatic rings. The quantitative estimate of drug-likeness (QED) is 0.350. The van der Waals surface area contributed by atoms with Gasteiger partial charge in [0.25, 0.3) is 0 Å². The van der Waals surface area contributed by atoms with Gasteiger partial charge in [0.05, 0.1) is 0 Å². The fourth-order valence-corrected chi connectivity index (χ4v) is 0. The fraction of sp³-hybridized carbons (Fsp3) is 0. The topological polar surface area (TPSA) is 0 Å². The van der Waals surface area contributed by atoms with Crippen molar-refractivity contribution in [2.75, 3.05) is 0 Å². The Balaban J connectivity index is 0. The van der Waals surface area contributed by atoms with Crippen molar-refractivity contribution < 1.29 is 22.4 Å². The summed E-state index contributed by atoms with van der Waals surface area (Å²) in [5.41, 5.74) is 0. The molecule has 0 heterocycles. The van der Waals surface area contributed by atoms with Crippen molar-refractivity contribution in [2.24, 2.45) is 0 Å². The van der Waals surface area contributed by atoms with E-state index >= 15 is 0 Å². The minimum absolute atomic E-state index is 0. The maximum absolute atomic E-state index is 0. The van der Waals surface area contributed by atoms with Gasteiger partial charge in [-0.1, -0.05) is 0 Å². The Hall–Kier alpha value is 2.90. The van der Waals surface area contributed by atoms with Gasteiger partial charge < -0.3 is 0 Å².